The van der Waals surface area contributed by atoms with Gasteiger partial charge in [-0.15, -0.1) is 22.9 Å². The Bertz CT molecular complexity index is 602. The minimum Gasteiger partial charge on any atom is -0.481 e. The molecule has 4 nitrogen and oxygen atoms in total. The van der Waals surface area contributed by atoms with Crippen LogP contribution in [0.3, 0.4) is 0 Å². The Morgan fingerprint density at radius 3 is 2.79 bits per heavy atom. The zero-order valence-electron chi connectivity index (χ0n) is 9.64. The van der Waals surface area contributed by atoms with Gasteiger partial charge in [0.1, 0.15) is 6.61 Å². The summed E-state index contributed by atoms with van der Waals surface area (Å²) < 4.78 is 6.46. The predicted octanol–water partition coefficient (Wildman–Crippen LogP) is 4.74. The van der Waals surface area contributed by atoms with Gasteiger partial charge in [-0.3, -0.25) is 10.1 Å². The van der Waals surface area contributed by atoms with Gasteiger partial charge < -0.3 is 4.74 Å². The summed E-state index contributed by atoms with van der Waals surface area (Å²) in [6.07, 6.45) is 0. The molecule has 19 heavy (non-hydrogen) atoms. The van der Waals surface area contributed by atoms with E-state index in [-0.39, 0.29) is 17.3 Å². The Hall–Kier alpha value is -1.11. The highest BCUT2D eigenvalue weighted by molar-refractivity contribution is 9.10. The van der Waals surface area contributed by atoms with Gasteiger partial charge in [-0.2, -0.15) is 0 Å². The van der Waals surface area contributed by atoms with Crippen LogP contribution in [0.2, 0.25) is 0 Å². The van der Waals surface area contributed by atoms with E-state index in [0.29, 0.717) is 12.2 Å². The summed E-state index contributed by atoms with van der Waals surface area (Å²) in [6, 6.07) is 6.65. The van der Waals surface area contributed by atoms with Crippen molar-refractivity contribution < 1.29 is 9.66 Å². The number of nitrogens with zero attached hydrogens (tertiary/aromatic N) is 1. The second kappa shape index (κ2) is 6.36. The normalized spacial score (nSPS) is 10.4. The Labute approximate surface area is 127 Å². The fraction of sp³-hybridized carbons (Fsp3) is 0.167. The number of halogens is 2. The van der Waals surface area contributed by atoms with Crippen molar-refractivity contribution in [1.82, 2.24) is 0 Å². The van der Waals surface area contributed by atoms with Crippen LogP contribution in [0.1, 0.15) is 10.4 Å². The third-order valence-electron chi connectivity index (χ3n) is 2.42. The van der Waals surface area contributed by atoms with Gasteiger partial charge in [-0.05, 0) is 39.0 Å². The first-order valence-electron chi connectivity index (χ1n) is 5.29. The fourth-order valence-electron chi connectivity index (χ4n) is 1.48. The molecule has 2 rings (SSSR count). The Morgan fingerprint density at radius 2 is 2.21 bits per heavy atom. The van der Waals surface area contributed by atoms with Gasteiger partial charge in [0, 0.05) is 16.4 Å². The van der Waals surface area contributed by atoms with E-state index in [1.54, 1.807) is 12.1 Å². The maximum atomic E-state index is 11.0. The molecule has 0 aliphatic carbocycles. The molecule has 0 saturated carbocycles. The molecule has 0 radical (unpaired) electrons. The van der Waals surface area contributed by atoms with Crippen molar-refractivity contribution in [2.24, 2.45) is 0 Å². The lowest BCUT2D eigenvalue weighted by molar-refractivity contribution is -0.386. The van der Waals surface area contributed by atoms with Crippen LogP contribution in [-0.4, -0.2) is 4.92 Å². The van der Waals surface area contributed by atoms with E-state index in [4.69, 9.17) is 16.3 Å². The van der Waals surface area contributed by atoms with Crippen LogP contribution >= 0.6 is 38.9 Å². The van der Waals surface area contributed by atoms with Gasteiger partial charge >= 0.3 is 5.69 Å². The van der Waals surface area contributed by atoms with Gasteiger partial charge in [0.2, 0.25) is 0 Å². The minimum absolute atomic E-state index is 0.0640. The van der Waals surface area contributed by atoms with E-state index in [0.717, 1.165) is 9.35 Å². The zero-order chi connectivity index (χ0) is 13.8. The second-order valence-electron chi connectivity index (χ2n) is 3.67. The molecule has 2 aromatic rings. The Balaban J connectivity index is 2.20. The van der Waals surface area contributed by atoms with E-state index in [9.17, 15) is 10.1 Å². The molecule has 0 spiro atoms. The summed E-state index contributed by atoms with van der Waals surface area (Å²) in [7, 11) is 0. The van der Waals surface area contributed by atoms with Crippen molar-refractivity contribution in [3.63, 3.8) is 0 Å². The van der Waals surface area contributed by atoms with Crippen LogP contribution in [0.25, 0.3) is 0 Å². The number of hydrogen-bond acceptors (Lipinski definition) is 4. The van der Waals surface area contributed by atoms with Crippen LogP contribution < -0.4 is 4.74 Å². The van der Waals surface area contributed by atoms with Crippen molar-refractivity contribution in [2.75, 3.05) is 0 Å². The van der Waals surface area contributed by atoms with Crippen molar-refractivity contribution in [1.29, 1.82) is 0 Å². The molecule has 100 valence electrons. The summed E-state index contributed by atoms with van der Waals surface area (Å²) in [5.74, 6) is 0.483. The van der Waals surface area contributed by atoms with Crippen LogP contribution in [0.5, 0.6) is 5.75 Å². The maximum Gasteiger partial charge on any atom is 0.311 e. The van der Waals surface area contributed by atoms with E-state index >= 15 is 0 Å². The molecular weight excluding hydrogens is 354 g/mol. The SMILES string of the molecule is O=[N+]([O-])c1cc(CCl)ccc1OCc1sccc1Br. The lowest BCUT2D eigenvalue weighted by Crippen LogP contribution is -1.99. The summed E-state index contributed by atoms with van der Waals surface area (Å²) in [5.41, 5.74) is 0.629. The third-order valence-corrected chi connectivity index (χ3v) is 4.63. The summed E-state index contributed by atoms with van der Waals surface area (Å²) in [5, 5.41) is 12.9. The monoisotopic (exact) mass is 361 g/mol. The van der Waals surface area contributed by atoms with Gasteiger partial charge in [0.15, 0.2) is 5.75 Å². The molecule has 0 unspecified atom stereocenters. The molecule has 0 amide bonds. The van der Waals surface area contributed by atoms with Crippen molar-refractivity contribution in [3.8, 4) is 5.75 Å². The Morgan fingerprint density at radius 1 is 1.42 bits per heavy atom. The van der Waals surface area contributed by atoms with Crippen molar-refractivity contribution >= 4 is 44.6 Å². The summed E-state index contributed by atoms with van der Waals surface area (Å²) in [4.78, 5) is 11.5. The highest BCUT2D eigenvalue weighted by atomic mass is 79.9. The smallest absolute Gasteiger partial charge is 0.311 e. The highest BCUT2D eigenvalue weighted by Gasteiger charge is 2.16. The van der Waals surface area contributed by atoms with E-state index in [1.165, 1.54) is 17.4 Å². The number of benzene rings is 1. The number of alkyl halides is 1. The predicted molar refractivity (Wildman–Crippen MR) is 79.0 cm³/mol. The molecule has 7 heteroatoms. The number of hydrogen-bond donors (Lipinski definition) is 0. The molecule has 0 N–H and O–H groups in total. The average molecular weight is 363 g/mol. The molecule has 1 aromatic heterocycles. The molecule has 0 fully saturated rings. The van der Waals surface area contributed by atoms with Gasteiger partial charge in [-0.1, -0.05) is 6.07 Å². The fourth-order valence-corrected chi connectivity index (χ4v) is 3.03. The number of nitro groups is 1. The van der Waals surface area contributed by atoms with Crippen molar-refractivity contribution in [2.45, 2.75) is 12.5 Å². The van der Waals surface area contributed by atoms with Crippen LogP contribution in [0, 0.1) is 10.1 Å². The maximum absolute atomic E-state index is 11.0. The van der Waals surface area contributed by atoms with Gasteiger partial charge in [-0.25, -0.2) is 0 Å². The average Bonchev–Trinajstić information content (AvgIpc) is 2.81. The first kappa shape index (κ1) is 14.3. The van der Waals surface area contributed by atoms with Crippen LogP contribution in [-0.2, 0) is 12.5 Å². The minimum atomic E-state index is -0.463. The molecule has 0 aliphatic heterocycles. The highest BCUT2D eigenvalue weighted by Crippen LogP contribution is 2.31. The molecule has 0 aliphatic rings. The zero-order valence-corrected chi connectivity index (χ0v) is 12.8. The molecule has 1 heterocycles. The van der Waals surface area contributed by atoms with Crippen LogP contribution in [0.15, 0.2) is 34.1 Å². The first-order chi connectivity index (χ1) is 9.11. The third kappa shape index (κ3) is 3.46. The number of rotatable bonds is 5. The van der Waals surface area contributed by atoms with Gasteiger partial charge in [0.05, 0.1) is 9.80 Å². The molecular formula is C12H9BrClNO3S. The van der Waals surface area contributed by atoms with Gasteiger partial charge in [0.25, 0.3) is 0 Å². The Kier molecular flexibility index (Phi) is 4.79. The topological polar surface area (TPSA) is 52.4 Å². The van der Waals surface area contributed by atoms with E-state index < -0.39 is 4.92 Å². The molecule has 0 saturated heterocycles. The first-order valence-corrected chi connectivity index (χ1v) is 7.50. The number of thiophene rings is 1. The largest absolute Gasteiger partial charge is 0.481 e. The van der Waals surface area contributed by atoms with E-state index in [2.05, 4.69) is 15.9 Å². The quantitative estimate of drug-likeness (QED) is 0.439. The summed E-state index contributed by atoms with van der Waals surface area (Å²) in [6.45, 7) is 0.291. The van der Waals surface area contributed by atoms with E-state index in [1.807, 2.05) is 11.4 Å². The lowest BCUT2D eigenvalue weighted by Gasteiger charge is -2.07. The number of nitro benzene ring substituents is 1. The summed E-state index contributed by atoms with van der Waals surface area (Å²) >= 11 is 10.6. The second-order valence-corrected chi connectivity index (χ2v) is 5.80. The molecule has 0 bridgehead atoms. The standard InChI is InChI=1S/C12H9BrClNO3S/c13-9-3-4-19-12(9)7-18-11-2-1-8(6-14)5-10(11)15(16)17/h1-5H,6-7H2. The molecule has 1 aromatic carbocycles. The van der Waals surface area contributed by atoms with Crippen molar-refractivity contribution in [3.05, 3.63) is 54.7 Å². The van der Waals surface area contributed by atoms with Crippen LogP contribution in [0.4, 0.5) is 5.69 Å². The lowest BCUT2D eigenvalue weighted by atomic mass is 10.2. The molecule has 0 atom stereocenters. The number of ether oxygens (including phenoxy) is 1.